The van der Waals surface area contributed by atoms with E-state index >= 15 is 0 Å². The highest BCUT2D eigenvalue weighted by Crippen LogP contribution is 2.41. The van der Waals surface area contributed by atoms with Crippen LogP contribution in [0, 0.1) is 52.1 Å². The Kier molecular flexibility index (Phi) is 17.2. The van der Waals surface area contributed by atoms with Gasteiger partial charge in [0.1, 0.15) is 36.4 Å². The van der Waals surface area contributed by atoms with Gasteiger partial charge in [-0.05, 0) is 198 Å². The van der Waals surface area contributed by atoms with Crippen molar-refractivity contribution in [1.82, 2.24) is 77.7 Å². The molecule has 0 aliphatic carbocycles. The van der Waals surface area contributed by atoms with Crippen LogP contribution in [0.3, 0.4) is 0 Å². The third kappa shape index (κ3) is 12.6. The minimum Gasteiger partial charge on any atom is -0.371 e. The molecule has 0 spiro atoms. The molecule has 3 saturated heterocycles. The predicted octanol–water partition coefficient (Wildman–Crippen LogP) is 11.9. The highest BCUT2D eigenvalue weighted by Gasteiger charge is 2.33. The van der Waals surface area contributed by atoms with Crippen molar-refractivity contribution in [2.75, 3.05) is 109 Å². The van der Waals surface area contributed by atoms with Gasteiger partial charge in [0.05, 0.1) is 69.6 Å². The summed E-state index contributed by atoms with van der Waals surface area (Å²) in [6.07, 6.45) is 13.9. The molecule has 6 aliphatic rings. The molecular weight excluding hydrogens is 1280 g/mol. The fourth-order valence-corrected chi connectivity index (χ4v) is 15.7. The van der Waals surface area contributed by atoms with Crippen molar-refractivity contribution in [3.05, 3.63) is 211 Å². The smallest absolute Gasteiger partial charge is 0.185 e. The van der Waals surface area contributed by atoms with Crippen LogP contribution in [0.4, 0.5) is 26.0 Å². The van der Waals surface area contributed by atoms with Gasteiger partial charge < -0.3 is 43.1 Å². The summed E-state index contributed by atoms with van der Waals surface area (Å²) in [6, 6.07) is 47.8. The van der Waals surface area contributed by atoms with E-state index in [2.05, 4.69) is 213 Å². The van der Waals surface area contributed by atoms with Gasteiger partial charge in [-0.1, -0.05) is 31.2 Å². The number of rotatable bonds is 11. The van der Waals surface area contributed by atoms with E-state index in [1.807, 2.05) is 76.3 Å². The van der Waals surface area contributed by atoms with E-state index in [0.29, 0.717) is 65.0 Å². The summed E-state index contributed by atoms with van der Waals surface area (Å²) in [5.41, 5.74) is 18.7. The predicted molar refractivity (Wildman–Crippen MR) is 392 cm³/mol. The Morgan fingerprint density at radius 1 is 0.490 bits per heavy atom. The number of hydrogen-bond donors (Lipinski definition) is 0. The summed E-state index contributed by atoms with van der Waals surface area (Å²) < 4.78 is 40.6. The van der Waals surface area contributed by atoms with Gasteiger partial charge in [-0.25, -0.2) is 13.8 Å². The average Bonchev–Trinajstić information content (AvgIpc) is 1.62. The van der Waals surface area contributed by atoms with E-state index in [1.54, 1.807) is 12.7 Å². The zero-order valence-corrected chi connectivity index (χ0v) is 58.3. The second-order valence-corrected chi connectivity index (χ2v) is 28.7. The van der Waals surface area contributed by atoms with Gasteiger partial charge in [0.2, 0.25) is 0 Å². The summed E-state index contributed by atoms with van der Waals surface area (Å²) in [5.74, 6) is 4.25. The van der Waals surface area contributed by atoms with Crippen molar-refractivity contribution in [3.63, 3.8) is 0 Å². The number of pyridine rings is 1. The standard InChI is InChI=1S/C28H29N7.C26H26N8.C25H24F2N6/c1-19-13-33(17-24(19)14-32(2)3)25-8-9-26-23(10-25)16-34-15-22(21-6-4-20(12-29)5-7-21)11-27(34)28-31-30-18-35(26)28;1-31(2)13-19-9-10-32(14-19)25-8-7-23-22(29-25)16-33-15-21(20-5-3-18(12-27)4-6-20)11-24(33)26-30-28-17-34(23)26;1-30(2)20-7-8-31(14-20)19-4-6-23-17(9-19)13-32-12-16(21-5-3-18(26)11-22(21)27)10-24(32)25-29-28-15-33(23)25/h4-11,15,18-19,24H,13-14,16-17H2,1-3H3;3-8,11,15,17,19H,9-10,13-14,16H2,1-2H3;3-6,9-12,15,20H,7-8,13-14H2,1-2H3/t19-,24-;19-;20-/m100/s1. The van der Waals surface area contributed by atoms with Gasteiger partial charge in [0.15, 0.2) is 17.5 Å². The average molecular weight is 1360 g/mol. The zero-order valence-electron chi connectivity index (χ0n) is 58.3. The van der Waals surface area contributed by atoms with E-state index in [-0.39, 0.29) is 0 Å². The van der Waals surface area contributed by atoms with E-state index in [4.69, 9.17) is 15.5 Å². The van der Waals surface area contributed by atoms with Crippen LogP contribution in [-0.4, -0.2) is 178 Å². The van der Waals surface area contributed by atoms with Crippen molar-refractivity contribution in [2.45, 2.75) is 45.4 Å². The maximum atomic E-state index is 14.5. The molecule has 0 N–H and O–H groups in total. The van der Waals surface area contributed by atoms with Crippen molar-refractivity contribution in [1.29, 1.82) is 10.5 Å². The Balaban J connectivity index is 0.000000118. The van der Waals surface area contributed by atoms with Crippen molar-refractivity contribution in [3.8, 4) is 97.1 Å². The molecule has 18 rings (SSSR count). The third-order valence-corrected chi connectivity index (χ3v) is 21.0. The first-order valence-electron chi connectivity index (χ1n) is 34.8. The van der Waals surface area contributed by atoms with Crippen molar-refractivity contribution in [2.24, 2.45) is 17.8 Å². The van der Waals surface area contributed by atoms with E-state index in [9.17, 15) is 8.78 Å². The van der Waals surface area contributed by atoms with Crippen molar-refractivity contribution >= 4 is 17.2 Å². The lowest BCUT2D eigenvalue weighted by atomic mass is 9.98. The van der Waals surface area contributed by atoms with Crippen LogP contribution >= 0.6 is 0 Å². The fourth-order valence-electron chi connectivity index (χ4n) is 15.7. The largest absolute Gasteiger partial charge is 0.371 e. The molecule has 514 valence electrons. The van der Waals surface area contributed by atoms with Crippen molar-refractivity contribution < 1.29 is 8.78 Å². The lowest BCUT2D eigenvalue weighted by Crippen LogP contribution is -2.31. The fraction of sp³-hybridized carbons (Fsp3) is 0.304. The molecule has 6 aliphatic heterocycles. The molecule has 5 aromatic carbocycles. The third-order valence-electron chi connectivity index (χ3n) is 21.0. The summed E-state index contributed by atoms with van der Waals surface area (Å²) >= 11 is 0. The second-order valence-electron chi connectivity index (χ2n) is 28.7. The van der Waals surface area contributed by atoms with Crippen LogP contribution in [0.1, 0.15) is 47.7 Å². The zero-order chi connectivity index (χ0) is 70.0. The lowest BCUT2D eigenvalue weighted by molar-refractivity contribution is 0.301. The minimum absolute atomic E-state index is 0.365. The van der Waals surface area contributed by atoms with E-state index < -0.39 is 11.6 Å². The van der Waals surface area contributed by atoms with Crippen LogP contribution < -0.4 is 14.7 Å². The highest BCUT2D eigenvalue weighted by atomic mass is 19.1. The number of likely N-dealkylation sites (N-methyl/N-ethyl adjacent to an activating group) is 1. The van der Waals surface area contributed by atoms with Crippen LogP contribution in [0.25, 0.3) is 85.0 Å². The Morgan fingerprint density at radius 3 is 1.55 bits per heavy atom. The molecule has 102 heavy (non-hydrogen) atoms. The summed E-state index contributed by atoms with van der Waals surface area (Å²) in [6.45, 7) is 12.9. The number of aromatic nitrogens is 13. The number of benzene rings is 5. The first kappa shape index (κ1) is 65.3. The SMILES string of the molecule is CN(C)C[C@@H]1CCN(c2ccc3c(n2)Cn2cc(-c4ccc(C#N)cc4)cc2-c2nncn2-3)C1.CN(C)[C@H]1CCN(c2ccc3c(c2)Cn2cc(-c4ccc(F)cc4F)cc2-c2nncn2-3)C1.C[C@@H]1CN(c2ccc3c(c2)Cn2cc(-c4ccc(C#N)cc4)cc2-c2nncn2-3)C[C@H]1CN(C)C. The first-order valence-corrected chi connectivity index (χ1v) is 34.8. The molecule has 0 amide bonds. The van der Waals surface area contributed by atoms with Gasteiger partial charge in [-0.15, -0.1) is 30.6 Å². The van der Waals surface area contributed by atoms with Gasteiger partial charge in [-0.3, -0.25) is 13.7 Å². The molecule has 23 heteroatoms. The molecule has 0 radical (unpaired) electrons. The Hall–Kier alpha value is -11.4. The van der Waals surface area contributed by atoms with E-state index in [1.165, 1.54) is 35.5 Å². The van der Waals surface area contributed by atoms with Gasteiger partial charge >= 0.3 is 0 Å². The van der Waals surface area contributed by atoms with E-state index in [0.717, 1.165) is 157 Å². The summed E-state index contributed by atoms with van der Waals surface area (Å²) in [4.78, 5) is 19.4. The summed E-state index contributed by atoms with van der Waals surface area (Å²) in [7, 11) is 12.9. The quantitative estimate of drug-likeness (QED) is 0.119. The molecule has 0 bridgehead atoms. The topological polar surface area (TPSA) is 187 Å². The molecule has 13 heterocycles. The number of nitriles is 2. The Morgan fingerprint density at radius 2 is 1.01 bits per heavy atom. The van der Waals surface area contributed by atoms with Gasteiger partial charge in [0, 0.05) is 130 Å². The monoisotopic (exact) mass is 1360 g/mol. The molecule has 0 unspecified atom stereocenters. The van der Waals surface area contributed by atoms with Crippen LogP contribution in [0.5, 0.6) is 0 Å². The second kappa shape index (κ2) is 27.0. The first-order chi connectivity index (χ1) is 49.6. The molecule has 3 fully saturated rings. The molecular formula is C79H79F2N21. The molecule has 12 aromatic rings. The number of hydrogen-bond acceptors (Lipinski definition) is 15. The number of fused-ring (bicyclic) bond motifs is 15. The molecule has 0 saturated carbocycles. The lowest BCUT2D eigenvalue weighted by Gasteiger charge is -2.23. The number of halogens is 2. The van der Waals surface area contributed by atoms with Crippen LogP contribution in [0.2, 0.25) is 0 Å². The van der Waals surface area contributed by atoms with Crippen LogP contribution in [-0.2, 0) is 19.6 Å². The van der Waals surface area contributed by atoms with Crippen LogP contribution in [0.15, 0.2) is 171 Å². The molecule has 7 aromatic heterocycles. The number of nitrogens with zero attached hydrogens (tertiary/aromatic N) is 21. The maximum absolute atomic E-state index is 14.5. The molecule has 4 atom stereocenters. The van der Waals surface area contributed by atoms with Gasteiger partial charge in [0.25, 0.3) is 0 Å². The highest BCUT2D eigenvalue weighted by molar-refractivity contribution is 5.76. The Bertz CT molecular complexity index is 5190. The Labute approximate surface area is 591 Å². The van der Waals surface area contributed by atoms with Gasteiger partial charge in [-0.2, -0.15) is 10.5 Å². The minimum atomic E-state index is -0.586. The maximum Gasteiger partial charge on any atom is 0.185 e. The normalized spacial score (nSPS) is 17.5. The number of anilines is 3. The summed E-state index contributed by atoms with van der Waals surface area (Å²) in [5, 5.41) is 44.1. The molecule has 21 nitrogen and oxygen atoms in total.